The number of benzene rings is 1. The lowest BCUT2D eigenvalue weighted by Gasteiger charge is -2.20. The summed E-state index contributed by atoms with van der Waals surface area (Å²) in [6.45, 7) is 1.30. The van der Waals surface area contributed by atoms with E-state index in [4.69, 9.17) is 4.74 Å². The van der Waals surface area contributed by atoms with Crippen LogP contribution in [0.4, 0.5) is 18.9 Å². The van der Waals surface area contributed by atoms with Gasteiger partial charge in [0.25, 0.3) is 5.78 Å². The highest BCUT2D eigenvalue weighted by atomic mass is 19.4. The minimum atomic E-state index is -4.48. The quantitative estimate of drug-likeness (QED) is 0.902. The number of carbonyl (C=O) groups is 2. The standard InChI is InChI=1S/C17H12F3N3O3/c1-8-7-9(3-4-10(8)17(18,19)20)23-13-14(24)11-12(22-6-5-21-11)15(25)16(13)26-2/h3-7,23H,1-2H3. The van der Waals surface area contributed by atoms with E-state index in [0.29, 0.717) is 0 Å². The molecule has 9 heteroatoms. The van der Waals surface area contributed by atoms with E-state index < -0.39 is 23.3 Å². The van der Waals surface area contributed by atoms with Gasteiger partial charge in [-0.2, -0.15) is 13.2 Å². The molecule has 1 heterocycles. The Kier molecular flexibility index (Phi) is 4.23. The predicted molar refractivity (Wildman–Crippen MR) is 84.5 cm³/mol. The summed E-state index contributed by atoms with van der Waals surface area (Å²) in [7, 11) is 1.21. The summed E-state index contributed by atoms with van der Waals surface area (Å²) in [5.41, 5.74) is -1.10. The number of alkyl halides is 3. The fraction of sp³-hybridized carbons (Fsp3) is 0.176. The number of nitrogens with zero attached hydrogens (tertiary/aromatic N) is 2. The van der Waals surface area contributed by atoms with Crippen LogP contribution >= 0.6 is 0 Å². The molecular formula is C17H12F3N3O3. The molecule has 1 aliphatic rings. The topological polar surface area (TPSA) is 81.2 Å². The summed E-state index contributed by atoms with van der Waals surface area (Å²) in [4.78, 5) is 32.7. The Hall–Kier alpha value is -3.23. The third-order valence-corrected chi connectivity index (χ3v) is 3.79. The smallest absolute Gasteiger partial charge is 0.416 e. The van der Waals surface area contributed by atoms with E-state index in [1.165, 1.54) is 38.6 Å². The van der Waals surface area contributed by atoms with Crippen molar-refractivity contribution in [3.8, 4) is 0 Å². The molecule has 26 heavy (non-hydrogen) atoms. The Morgan fingerprint density at radius 1 is 1.04 bits per heavy atom. The van der Waals surface area contributed by atoms with Gasteiger partial charge in [0.15, 0.2) is 5.76 Å². The Morgan fingerprint density at radius 2 is 1.65 bits per heavy atom. The van der Waals surface area contributed by atoms with E-state index in [1.807, 2.05) is 0 Å². The van der Waals surface area contributed by atoms with Crippen LogP contribution in [0.15, 0.2) is 42.0 Å². The van der Waals surface area contributed by atoms with E-state index in [-0.39, 0.29) is 34.1 Å². The maximum atomic E-state index is 12.9. The van der Waals surface area contributed by atoms with Gasteiger partial charge in [-0.15, -0.1) is 0 Å². The minimum absolute atomic E-state index is 0.0307. The van der Waals surface area contributed by atoms with Gasteiger partial charge in [0.2, 0.25) is 5.78 Å². The zero-order chi connectivity index (χ0) is 19.1. The minimum Gasteiger partial charge on any atom is -0.491 e. The average molecular weight is 363 g/mol. The van der Waals surface area contributed by atoms with Gasteiger partial charge in [-0.25, -0.2) is 9.97 Å². The summed E-state index contributed by atoms with van der Waals surface area (Å²) in [6, 6.07) is 3.29. The number of aryl methyl sites for hydroxylation is 1. The predicted octanol–water partition coefficient (Wildman–Crippen LogP) is 3.15. The number of hydrogen-bond donors (Lipinski definition) is 1. The molecule has 0 radical (unpaired) electrons. The van der Waals surface area contributed by atoms with Crippen molar-refractivity contribution in [2.75, 3.05) is 12.4 Å². The van der Waals surface area contributed by atoms with Crippen LogP contribution in [0, 0.1) is 6.92 Å². The number of aromatic nitrogens is 2. The number of carbonyl (C=O) groups excluding carboxylic acids is 2. The molecule has 3 rings (SSSR count). The lowest BCUT2D eigenvalue weighted by molar-refractivity contribution is -0.138. The largest absolute Gasteiger partial charge is 0.491 e. The van der Waals surface area contributed by atoms with E-state index in [2.05, 4.69) is 15.3 Å². The maximum Gasteiger partial charge on any atom is 0.416 e. The monoisotopic (exact) mass is 363 g/mol. The first-order chi connectivity index (χ1) is 12.2. The Labute approximate surface area is 145 Å². The molecule has 1 aliphatic carbocycles. The highest BCUT2D eigenvalue weighted by Crippen LogP contribution is 2.33. The lowest BCUT2D eigenvalue weighted by atomic mass is 9.99. The molecule has 0 amide bonds. The highest BCUT2D eigenvalue weighted by molar-refractivity contribution is 6.25. The van der Waals surface area contributed by atoms with Gasteiger partial charge in [-0.3, -0.25) is 9.59 Å². The molecule has 1 aromatic carbocycles. The van der Waals surface area contributed by atoms with Gasteiger partial charge in [0.05, 0.1) is 12.7 Å². The van der Waals surface area contributed by atoms with E-state index >= 15 is 0 Å². The van der Waals surface area contributed by atoms with Gasteiger partial charge >= 0.3 is 6.18 Å². The molecule has 1 aromatic heterocycles. The van der Waals surface area contributed by atoms with E-state index in [1.54, 1.807) is 0 Å². The summed E-state index contributed by atoms with van der Waals surface area (Å²) in [5.74, 6) is -1.55. The van der Waals surface area contributed by atoms with Crippen LogP contribution in [-0.2, 0) is 10.9 Å². The first-order valence-corrected chi connectivity index (χ1v) is 7.37. The van der Waals surface area contributed by atoms with Crippen molar-refractivity contribution >= 4 is 17.3 Å². The van der Waals surface area contributed by atoms with Gasteiger partial charge in [-0.05, 0) is 30.7 Å². The maximum absolute atomic E-state index is 12.9. The molecule has 134 valence electrons. The van der Waals surface area contributed by atoms with Crippen molar-refractivity contribution < 1.29 is 27.5 Å². The number of Topliss-reactive ketones (excluding diaryl/α,β-unsaturated/α-hetero) is 2. The number of halogens is 3. The first-order valence-electron chi connectivity index (χ1n) is 7.37. The van der Waals surface area contributed by atoms with Crippen LogP contribution in [0.2, 0.25) is 0 Å². The number of ketones is 2. The molecule has 0 spiro atoms. The van der Waals surface area contributed by atoms with Gasteiger partial charge < -0.3 is 10.1 Å². The van der Waals surface area contributed by atoms with Crippen molar-refractivity contribution in [2.24, 2.45) is 0 Å². The number of ether oxygens (including phenoxy) is 1. The lowest BCUT2D eigenvalue weighted by Crippen LogP contribution is -2.29. The summed E-state index contributed by atoms with van der Waals surface area (Å²) < 4.78 is 43.6. The zero-order valence-electron chi connectivity index (χ0n) is 13.6. The van der Waals surface area contributed by atoms with Crippen molar-refractivity contribution in [1.82, 2.24) is 9.97 Å². The molecule has 0 atom stereocenters. The van der Waals surface area contributed by atoms with E-state index in [9.17, 15) is 22.8 Å². The van der Waals surface area contributed by atoms with Gasteiger partial charge in [-0.1, -0.05) is 0 Å². The first kappa shape index (κ1) is 17.6. The number of rotatable bonds is 3. The summed E-state index contributed by atoms with van der Waals surface area (Å²) >= 11 is 0. The number of methoxy groups -OCH3 is 1. The van der Waals surface area contributed by atoms with E-state index in [0.717, 1.165) is 6.07 Å². The average Bonchev–Trinajstić information content (AvgIpc) is 2.59. The van der Waals surface area contributed by atoms with Crippen LogP contribution in [0.5, 0.6) is 0 Å². The third-order valence-electron chi connectivity index (χ3n) is 3.79. The molecule has 1 N–H and O–H groups in total. The third kappa shape index (κ3) is 2.92. The number of hydrogen-bond acceptors (Lipinski definition) is 6. The van der Waals surface area contributed by atoms with Crippen LogP contribution < -0.4 is 5.32 Å². The van der Waals surface area contributed by atoms with Gasteiger partial charge in [0, 0.05) is 18.1 Å². The highest BCUT2D eigenvalue weighted by Gasteiger charge is 2.36. The summed E-state index contributed by atoms with van der Waals surface area (Å²) in [5, 5.41) is 2.67. The second kappa shape index (κ2) is 6.25. The number of nitrogens with one attached hydrogen (secondary N) is 1. The second-order valence-electron chi connectivity index (χ2n) is 5.47. The summed E-state index contributed by atoms with van der Waals surface area (Å²) in [6.07, 6.45) is -1.94. The number of anilines is 1. The zero-order valence-corrected chi connectivity index (χ0v) is 13.6. The van der Waals surface area contributed by atoms with Crippen molar-refractivity contribution in [1.29, 1.82) is 0 Å². The number of fused-ring (bicyclic) bond motifs is 1. The normalized spacial score (nSPS) is 14.3. The van der Waals surface area contributed by atoms with Gasteiger partial charge in [0.1, 0.15) is 17.1 Å². The second-order valence-corrected chi connectivity index (χ2v) is 5.47. The van der Waals surface area contributed by atoms with Crippen LogP contribution in [0.1, 0.15) is 32.1 Å². The van der Waals surface area contributed by atoms with Crippen molar-refractivity contribution in [3.05, 3.63) is 64.6 Å². The molecule has 2 aromatic rings. The number of allylic oxidation sites excluding steroid dienone is 2. The molecule has 0 aliphatic heterocycles. The molecule has 0 saturated heterocycles. The molecular weight excluding hydrogens is 351 g/mol. The molecule has 6 nitrogen and oxygen atoms in total. The Balaban J connectivity index is 2.02. The Morgan fingerprint density at radius 3 is 2.19 bits per heavy atom. The fourth-order valence-corrected chi connectivity index (χ4v) is 2.63. The Bertz CT molecular complexity index is 952. The molecule has 0 fully saturated rings. The van der Waals surface area contributed by atoms with Crippen LogP contribution in [0.3, 0.4) is 0 Å². The van der Waals surface area contributed by atoms with Crippen LogP contribution in [-0.4, -0.2) is 28.6 Å². The SMILES string of the molecule is COC1=C(Nc2ccc(C(F)(F)F)c(C)c2)C(=O)c2nccnc2C1=O. The molecule has 0 bridgehead atoms. The van der Waals surface area contributed by atoms with Crippen LogP contribution in [0.25, 0.3) is 0 Å². The van der Waals surface area contributed by atoms with Crippen molar-refractivity contribution in [3.63, 3.8) is 0 Å². The fourth-order valence-electron chi connectivity index (χ4n) is 2.63. The molecule has 0 unspecified atom stereocenters. The molecule has 0 saturated carbocycles. The van der Waals surface area contributed by atoms with Crippen molar-refractivity contribution in [2.45, 2.75) is 13.1 Å².